The normalized spacial score (nSPS) is 12.2. The quantitative estimate of drug-likeness (QED) is 0.877. The maximum Gasteiger partial charge on any atom is 0.132 e. The van der Waals surface area contributed by atoms with E-state index in [-0.39, 0.29) is 6.04 Å². The molecule has 0 radical (unpaired) electrons. The largest absolute Gasteiger partial charge is 0.457 e. The first-order valence-corrected chi connectivity index (χ1v) is 6.17. The summed E-state index contributed by atoms with van der Waals surface area (Å²) in [6.07, 6.45) is 0. The van der Waals surface area contributed by atoms with Crippen molar-refractivity contribution in [2.24, 2.45) is 5.73 Å². The highest BCUT2D eigenvalue weighted by molar-refractivity contribution is 5.41. The third kappa shape index (κ3) is 2.90. The fourth-order valence-electron chi connectivity index (χ4n) is 2.07. The molecule has 1 atom stereocenters. The molecule has 0 amide bonds. The lowest BCUT2D eigenvalue weighted by molar-refractivity contribution is 0.471. The van der Waals surface area contributed by atoms with Gasteiger partial charge in [-0.15, -0.1) is 0 Å². The summed E-state index contributed by atoms with van der Waals surface area (Å²) in [5.41, 5.74) is 9.37. The monoisotopic (exact) mass is 241 g/mol. The molecule has 2 heteroatoms. The standard InChI is InChI=1S/C16H19NO/c1-11-8-12(2)10-14(9-11)18-16-7-5-4-6-15(16)13(3)17/h4-10,13H,17H2,1-3H3. The summed E-state index contributed by atoms with van der Waals surface area (Å²) in [6, 6.07) is 14.1. The molecule has 0 aromatic heterocycles. The van der Waals surface area contributed by atoms with Gasteiger partial charge in [0.1, 0.15) is 11.5 Å². The lowest BCUT2D eigenvalue weighted by atomic mass is 10.1. The number of nitrogens with two attached hydrogens (primary N) is 1. The van der Waals surface area contributed by atoms with Gasteiger partial charge in [-0.2, -0.15) is 0 Å². The molecule has 0 aliphatic carbocycles. The summed E-state index contributed by atoms with van der Waals surface area (Å²) in [5.74, 6) is 1.69. The van der Waals surface area contributed by atoms with E-state index >= 15 is 0 Å². The minimum absolute atomic E-state index is 0.0351. The Hall–Kier alpha value is -1.80. The van der Waals surface area contributed by atoms with E-state index in [1.165, 1.54) is 11.1 Å². The summed E-state index contributed by atoms with van der Waals surface area (Å²) in [6.45, 7) is 6.10. The summed E-state index contributed by atoms with van der Waals surface area (Å²) in [7, 11) is 0. The fourth-order valence-corrected chi connectivity index (χ4v) is 2.07. The van der Waals surface area contributed by atoms with Crippen molar-refractivity contribution in [1.82, 2.24) is 0 Å². The van der Waals surface area contributed by atoms with Crippen LogP contribution in [0.1, 0.15) is 29.7 Å². The third-order valence-electron chi connectivity index (χ3n) is 2.83. The lowest BCUT2D eigenvalue weighted by Crippen LogP contribution is -2.06. The average Bonchev–Trinajstić information content (AvgIpc) is 2.27. The van der Waals surface area contributed by atoms with Crippen molar-refractivity contribution >= 4 is 0 Å². The second-order valence-electron chi connectivity index (χ2n) is 4.75. The number of ether oxygens (including phenoxy) is 1. The average molecular weight is 241 g/mol. The Morgan fingerprint density at radius 2 is 1.61 bits per heavy atom. The fraction of sp³-hybridized carbons (Fsp3) is 0.250. The van der Waals surface area contributed by atoms with Crippen molar-refractivity contribution in [2.45, 2.75) is 26.8 Å². The minimum atomic E-state index is -0.0351. The topological polar surface area (TPSA) is 35.2 Å². The van der Waals surface area contributed by atoms with Gasteiger partial charge in [0.05, 0.1) is 0 Å². The van der Waals surface area contributed by atoms with Crippen LogP contribution in [-0.4, -0.2) is 0 Å². The van der Waals surface area contributed by atoms with Crippen LogP contribution >= 0.6 is 0 Å². The molecule has 18 heavy (non-hydrogen) atoms. The molecule has 0 aliphatic rings. The Kier molecular flexibility index (Phi) is 3.68. The number of benzene rings is 2. The maximum absolute atomic E-state index is 5.95. The molecular weight excluding hydrogens is 222 g/mol. The SMILES string of the molecule is Cc1cc(C)cc(Oc2ccccc2C(C)N)c1. The Bertz CT molecular complexity index is 526. The number of para-hydroxylation sites is 1. The van der Waals surface area contributed by atoms with Crippen molar-refractivity contribution in [1.29, 1.82) is 0 Å². The number of hydrogen-bond acceptors (Lipinski definition) is 2. The highest BCUT2D eigenvalue weighted by atomic mass is 16.5. The molecule has 94 valence electrons. The molecule has 0 spiro atoms. The van der Waals surface area contributed by atoms with E-state index in [9.17, 15) is 0 Å². The Morgan fingerprint density at radius 1 is 1.00 bits per heavy atom. The Labute approximate surface area is 108 Å². The van der Waals surface area contributed by atoms with Gasteiger partial charge in [0.25, 0.3) is 0 Å². The van der Waals surface area contributed by atoms with Crippen LogP contribution in [0, 0.1) is 13.8 Å². The van der Waals surface area contributed by atoms with Gasteiger partial charge in [0.15, 0.2) is 0 Å². The molecule has 2 aromatic carbocycles. The lowest BCUT2D eigenvalue weighted by Gasteiger charge is -2.14. The van der Waals surface area contributed by atoms with E-state index in [4.69, 9.17) is 10.5 Å². The molecule has 2 rings (SSSR count). The van der Waals surface area contributed by atoms with Crippen molar-refractivity contribution in [3.63, 3.8) is 0 Å². The van der Waals surface area contributed by atoms with Gasteiger partial charge in [-0.25, -0.2) is 0 Å². The minimum Gasteiger partial charge on any atom is -0.457 e. The molecule has 2 aromatic rings. The van der Waals surface area contributed by atoms with Crippen molar-refractivity contribution in [2.75, 3.05) is 0 Å². The predicted octanol–water partition coefficient (Wildman–Crippen LogP) is 4.12. The van der Waals surface area contributed by atoms with Crippen LogP contribution in [0.5, 0.6) is 11.5 Å². The molecule has 0 heterocycles. The maximum atomic E-state index is 5.95. The molecular formula is C16H19NO. The molecule has 0 aliphatic heterocycles. The van der Waals surface area contributed by atoms with Gasteiger partial charge in [-0.3, -0.25) is 0 Å². The second-order valence-corrected chi connectivity index (χ2v) is 4.75. The van der Waals surface area contributed by atoms with Gasteiger partial charge in [-0.05, 0) is 50.1 Å². The predicted molar refractivity (Wildman–Crippen MR) is 75.0 cm³/mol. The van der Waals surface area contributed by atoms with E-state index in [0.29, 0.717) is 0 Å². The molecule has 2 N–H and O–H groups in total. The van der Waals surface area contributed by atoms with Crippen molar-refractivity contribution < 1.29 is 4.74 Å². The first-order chi connectivity index (χ1) is 8.56. The first kappa shape index (κ1) is 12.7. The van der Waals surface area contributed by atoms with E-state index in [1.54, 1.807) is 0 Å². The molecule has 0 bridgehead atoms. The van der Waals surface area contributed by atoms with Gasteiger partial charge in [-0.1, -0.05) is 24.3 Å². The molecule has 2 nitrogen and oxygen atoms in total. The number of rotatable bonds is 3. The summed E-state index contributed by atoms with van der Waals surface area (Å²) < 4.78 is 5.95. The summed E-state index contributed by atoms with van der Waals surface area (Å²) >= 11 is 0. The van der Waals surface area contributed by atoms with E-state index in [0.717, 1.165) is 17.1 Å². The molecule has 0 saturated carbocycles. The zero-order valence-electron chi connectivity index (χ0n) is 11.1. The van der Waals surface area contributed by atoms with E-state index in [2.05, 4.69) is 19.9 Å². The highest BCUT2D eigenvalue weighted by Crippen LogP contribution is 2.29. The van der Waals surface area contributed by atoms with Crippen LogP contribution in [0.4, 0.5) is 0 Å². The first-order valence-electron chi connectivity index (χ1n) is 6.17. The zero-order valence-corrected chi connectivity index (χ0v) is 11.1. The third-order valence-corrected chi connectivity index (χ3v) is 2.83. The zero-order chi connectivity index (χ0) is 13.1. The van der Waals surface area contributed by atoms with Crippen LogP contribution in [0.2, 0.25) is 0 Å². The second kappa shape index (κ2) is 5.23. The van der Waals surface area contributed by atoms with Crippen LogP contribution in [0.3, 0.4) is 0 Å². The molecule has 0 saturated heterocycles. The van der Waals surface area contributed by atoms with Crippen LogP contribution in [-0.2, 0) is 0 Å². The Morgan fingerprint density at radius 3 is 2.22 bits per heavy atom. The van der Waals surface area contributed by atoms with Gasteiger partial charge >= 0.3 is 0 Å². The van der Waals surface area contributed by atoms with Gasteiger partial charge in [0, 0.05) is 11.6 Å². The number of hydrogen-bond donors (Lipinski definition) is 1. The number of aryl methyl sites for hydroxylation is 2. The molecule has 1 unspecified atom stereocenters. The smallest absolute Gasteiger partial charge is 0.132 e. The van der Waals surface area contributed by atoms with Gasteiger partial charge in [0.2, 0.25) is 0 Å². The summed E-state index contributed by atoms with van der Waals surface area (Å²) in [4.78, 5) is 0. The highest BCUT2D eigenvalue weighted by Gasteiger charge is 2.08. The molecule has 0 fully saturated rings. The van der Waals surface area contributed by atoms with Crippen LogP contribution < -0.4 is 10.5 Å². The van der Waals surface area contributed by atoms with Gasteiger partial charge < -0.3 is 10.5 Å². The Balaban J connectivity index is 2.34. The van der Waals surface area contributed by atoms with Crippen LogP contribution in [0.25, 0.3) is 0 Å². The van der Waals surface area contributed by atoms with Crippen LogP contribution in [0.15, 0.2) is 42.5 Å². The van der Waals surface area contributed by atoms with E-state index < -0.39 is 0 Å². The van der Waals surface area contributed by atoms with E-state index in [1.807, 2.05) is 43.3 Å². The van der Waals surface area contributed by atoms with Crippen molar-refractivity contribution in [3.8, 4) is 11.5 Å². The van der Waals surface area contributed by atoms with Crippen molar-refractivity contribution in [3.05, 3.63) is 59.2 Å². The summed E-state index contributed by atoms with van der Waals surface area (Å²) in [5, 5.41) is 0.